The monoisotopic (exact) mass is 531 g/mol. The molecule has 10 nitrogen and oxygen atoms in total. The van der Waals surface area contributed by atoms with Gasteiger partial charge in [-0.15, -0.1) is 0 Å². The molecular weight excluding hydrogens is 513 g/mol. The van der Waals surface area contributed by atoms with Crippen LogP contribution in [0, 0.1) is 10.1 Å². The number of nitro benzene ring substituents is 1. The van der Waals surface area contributed by atoms with Crippen LogP contribution < -0.4 is 19.6 Å². The zero-order valence-electron chi connectivity index (χ0n) is 18.8. The van der Waals surface area contributed by atoms with Crippen molar-refractivity contribution in [1.82, 2.24) is 5.43 Å². The largest absolute Gasteiger partial charge is 0.490 e. The molecule has 0 saturated heterocycles. The zero-order chi connectivity index (χ0) is 26.1. The van der Waals surface area contributed by atoms with Crippen molar-refractivity contribution in [2.45, 2.75) is 6.92 Å². The van der Waals surface area contributed by atoms with E-state index < -0.39 is 16.8 Å². The van der Waals surface area contributed by atoms with Gasteiger partial charge in [0.2, 0.25) is 0 Å². The molecule has 0 aliphatic carbocycles. The maximum atomic E-state index is 12.4. The number of non-ortho nitro benzene ring substituents is 1. The van der Waals surface area contributed by atoms with Crippen molar-refractivity contribution in [2.75, 3.05) is 13.2 Å². The maximum Gasteiger partial charge on any atom is 0.343 e. The summed E-state index contributed by atoms with van der Waals surface area (Å²) in [7, 11) is 0. The summed E-state index contributed by atoms with van der Waals surface area (Å²) in [6.45, 7) is 1.74. The van der Waals surface area contributed by atoms with E-state index in [0.29, 0.717) is 22.9 Å². The minimum absolute atomic E-state index is 0.138. The fourth-order valence-corrected chi connectivity index (χ4v) is 3.25. The van der Waals surface area contributed by atoms with Gasteiger partial charge in [-0.2, -0.15) is 5.10 Å². The van der Waals surface area contributed by atoms with Crippen molar-refractivity contribution >= 4 is 47.0 Å². The van der Waals surface area contributed by atoms with E-state index in [-0.39, 0.29) is 34.4 Å². The summed E-state index contributed by atoms with van der Waals surface area (Å²) in [4.78, 5) is 34.6. The minimum Gasteiger partial charge on any atom is -0.490 e. The van der Waals surface area contributed by atoms with Gasteiger partial charge in [0.15, 0.2) is 18.1 Å². The average Bonchev–Trinajstić information content (AvgIpc) is 2.85. The SMILES string of the molecule is CCOc1cc(/C=N\NC(=O)COc2ccc(Cl)cc2Cl)ccc1OC(=O)c1ccc([N+](=O)[O-])cc1. The Morgan fingerprint density at radius 3 is 2.39 bits per heavy atom. The number of carbonyl (C=O) groups excluding carboxylic acids is 2. The number of nitrogens with zero attached hydrogens (tertiary/aromatic N) is 2. The molecule has 186 valence electrons. The lowest BCUT2D eigenvalue weighted by Crippen LogP contribution is -2.24. The molecule has 0 spiro atoms. The van der Waals surface area contributed by atoms with Crippen LogP contribution in [0.1, 0.15) is 22.8 Å². The molecule has 0 heterocycles. The molecule has 0 aromatic heterocycles. The van der Waals surface area contributed by atoms with Crippen LogP contribution in [0.25, 0.3) is 0 Å². The van der Waals surface area contributed by atoms with Crippen LogP contribution in [0.15, 0.2) is 65.8 Å². The summed E-state index contributed by atoms with van der Waals surface area (Å²) >= 11 is 11.8. The van der Waals surface area contributed by atoms with Gasteiger partial charge in [0.25, 0.3) is 11.6 Å². The predicted molar refractivity (Wildman–Crippen MR) is 133 cm³/mol. The number of halogens is 2. The molecule has 0 unspecified atom stereocenters. The van der Waals surface area contributed by atoms with Crippen LogP contribution in [0.3, 0.4) is 0 Å². The zero-order valence-corrected chi connectivity index (χ0v) is 20.3. The lowest BCUT2D eigenvalue weighted by molar-refractivity contribution is -0.384. The van der Waals surface area contributed by atoms with Gasteiger partial charge in [0.05, 0.1) is 28.3 Å². The van der Waals surface area contributed by atoms with E-state index >= 15 is 0 Å². The molecule has 0 radical (unpaired) electrons. The lowest BCUT2D eigenvalue weighted by Gasteiger charge is -2.11. The molecule has 1 amide bonds. The highest BCUT2D eigenvalue weighted by Gasteiger charge is 2.15. The standard InChI is InChI=1S/C24H19Cl2N3O7/c1-2-34-22-11-15(13-27-28-23(30)14-35-20-10-6-17(25)12-19(20)26)3-9-21(22)36-24(31)16-4-7-18(8-5-16)29(32)33/h3-13H,2,14H2,1H3,(H,28,30)/b27-13-. The van der Waals surface area contributed by atoms with Crippen molar-refractivity contribution < 1.29 is 28.7 Å². The second-order valence-corrected chi connectivity index (χ2v) is 7.83. The number of benzene rings is 3. The maximum absolute atomic E-state index is 12.4. The Morgan fingerprint density at radius 2 is 1.72 bits per heavy atom. The number of hydrogen-bond donors (Lipinski definition) is 1. The van der Waals surface area contributed by atoms with Gasteiger partial charge in [0, 0.05) is 17.2 Å². The lowest BCUT2D eigenvalue weighted by atomic mass is 10.2. The fourth-order valence-electron chi connectivity index (χ4n) is 2.78. The number of rotatable bonds is 10. The summed E-state index contributed by atoms with van der Waals surface area (Å²) in [6.07, 6.45) is 1.37. The molecular formula is C24H19Cl2N3O7. The van der Waals surface area contributed by atoms with Crippen molar-refractivity contribution in [2.24, 2.45) is 5.10 Å². The first-order valence-electron chi connectivity index (χ1n) is 10.4. The van der Waals surface area contributed by atoms with Crippen molar-refractivity contribution in [3.8, 4) is 17.2 Å². The number of nitro groups is 1. The highest BCUT2D eigenvalue weighted by atomic mass is 35.5. The smallest absolute Gasteiger partial charge is 0.343 e. The van der Waals surface area contributed by atoms with Crippen LogP contribution in [0.2, 0.25) is 10.0 Å². The number of nitrogens with one attached hydrogen (secondary N) is 1. The number of ether oxygens (including phenoxy) is 3. The van der Waals surface area contributed by atoms with E-state index in [1.54, 1.807) is 31.2 Å². The topological polar surface area (TPSA) is 129 Å². The Kier molecular flexibility index (Phi) is 9.20. The second-order valence-electron chi connectivity index (χ2n) is 6.99. The van der Waals surface area contributed by atoms with E-state index in [1.807, 2.05) is 0 Å². The van der Waals surface area contributed by atoms with Crippen molar-refractivity contribution in [3.05, 3.63) is 92.0 Å². The molecule has 0 fully saturated rings. The Bertz CT molecular complexity index is 1300. The van der Waals surface area contributed by atoms with Crippen LogP contribution in [0.4, 0.5) is 5.69 Å². The molecule has 0 bridgehead atoms. The first-order valence-corrected chi connectivity index (χ1v) is 11.2. The molecule has 36 heavy (non-hydrogen) atoms. The molecule has 12 heteroatoms. The van der Waals surface area contributed by atoms with E-state index in [9.17, 15) is 19.7 Å². The normalized spacial score (nSPS) is 10.6. The summed E-state index contributed by atoms with van der Waals surface area (Å²) in [5, 5.41) is 15.4. The third kappa shape index (κ3) is 7.42. The number of carbonyl (C=O) groups is 2. The molecule has 3 aromatic carbocycles. The summed E-state index contributed by atoms with van der Waals surface area (Å²) in [5.41, 5.74) is 2.87. The number of esters is 1. The minimum atomic E-state index is -0.708. The van der Waals surface area contributed by atoms with Gasteiger partial charge in [-0.3, -0.25) is 14.9 Å². The van der Waals surface area contributed by atoms with Gasteiger partial charge in [-0.05, 0) is 61.0 Å². The number of amides is 1. The van der Waals surface area contributed by atoms with E-state index in [2.05, 4.69) is 10.5 Å². The average molecular weight is 532 g/mol. The van der Waals surface area contributed by atoms with E-state index in [0.717, 1.165) is 0 Å². The van der Waals surface area contributed by atoms with Crippen LogP contribution in [0.5, 0.6) is 17.2 Å². The molecule has 3 rings (SSSR count). The number of hydrazone groups is 1. The molecule has 0 atom stereocenters. The molecule has 0 aliphatic rings. The highest BCUT2D eigenvalue weighted by molar-refractivity contribution is 6.35. The molecule has 0 aliphatic heterocycles. The Labute approximate surface area is 215 Å². The molecule has 1 N–H and O–H groups in total. The van der Waals surface area contributed by atoms with Gasteiger partial charge in [-0.25, -0.2) is 10.2 Å². The Hall–Kier alpha value is -4.15. The van der Waals surface area contributed by atoms with Crippen LogP contribution in [-0.2, 0) is 4.79 Å². The third-order valence-electron chi connectivity index (χ3n) is 4.44. The third-order valence-corrected chi connectivity index (χ3v) is 4.97. The van der Waals surface area contributed by atoms with Crippen LogP contribution >= 0.6 is 23.2 Å². The van der Waals surface area contributed by atoms with E-state index in [1.165, 1.54) is 42.6 Å². The summed E-state index contributed by atoms with van der Waals surface area (Å²) in [5.74, 6) is -0.505. The summed E-state index contributed by atoms with van der Waals surface area (Å²) in [6, 6.07) is 14.3. The van der Waals surface area contributed by atoms with Crippen LogP contribution in [-0.4, -0.2) is 36.2 Å². The molecule has 0 saturated carbocycles. The first-order chi connectivity index (χ1) is 17.3. The van der Waals surface area contributed by atoms with Gasteiger partial charge in [0.1, 0.15) is 5.75 Å². The predicted octanol–water partition coefficient (Wildman–Crippen LogP) is 5.05. The fraction of sp³-hybridized carbons (Fsp3) is 0.125. The quantitative estimate of drug-likeness (QED) is 0.127. The van der Waals surface area contributed by atoms with Gasteiger partial charge < -0.3 is 14.2 Å². The van der Waals surface area contributed by atoms with Crippen molar-refractivity contribution in [1.29, 1.82) is 0 Å². The highest BCUT2D eigenvalue weighted by Crippen LogP contribution is 2.29. The second kappa shape index (κ2) is 12.5. The van der Waals surface area contributed by atoms with Crippen molar-refractivity contribution in [3.63, 3.8) is 0 Å². The molecule has 3 aromatic rings. The Morgan fingerprint density at radius 1 is 1.00 bits per heavy atom. The van der Waals surface area contributed by atoms with Gasteiger partial charge >= 0.3 is 5.97 Å². The van der Waals surface area contributed by atoms with E-state index in [4.69, 9.17) is 37.4 Å². The first kappa shape index (κ1) is 26.5. The number of hydrogen-bond acceptors (Lipinski definition) is 8. The summed E-state index contributed by atoms with van der Waals surface area (Å²) < 4.78 is 16.3. The van der Waals surface area contributed by atoms with Gasteiger partial charge in [-0.1, -0.05) is 23.2 Å². The Balaban J connectivity index is 1.60.